The first-order chi connectivity index (χ1) is 12.6. The van der Waals surface area contributed by atoms with E-state index in [1.807, 2.05) is 24.3 Å². The lowest BCUT2D eigenvalue weighted by molar-refractivity contribution is -0.123. The quantitative estimate of drug-likeness (QED) is 0.644. The summed E-state index contributed by atoms with van der Waals surface area (Å²) in [5.74, 6) is -0.264. The highest BCUT2D eigenvalue weighted by Gasteiger charge is 2.12. The predicted octanol–water partition coefficient (Wildman–Crippen LogP) is 3.81. The number of ketones is 1. The van der Waals surface area contributed by atoms with Crippen molar-refractivity contribution in [2.45, 2.75) is 6.54 Å². The Hall–Kier alpha value is -2.99. The Morgan fingerprint density at radius 2 is 1.69 bits per heavy atom. The molecule has 0 radical (unpaired) electrons. The minimum absolute atomic E-state index is 0.0344. The number of halogens is 1. The van der Waals surface area contributed by atoms with Gasteiger partial charge in [0.25, 0.3) is 5.91 Å². The number of rotatable bonds is 7. The summed E-state index contributed by atoms with van der Waals surface area (Å²) in [5, 5.41) is 2.73. The van der Waals surface area contributed by atoms with Gasteiger partial charge in [0.2, 0.25) is 5.78 Å². The van der Waals surface area contributed by atoms with Crippen LogP contribution in [-0.2, 0) is 11.3 Å². The van der Waals surface area contributed by atoms with E-state index in [1.165, 1.54) is 35.6 Å². The second-order valence-corrected chi connectivity index (χ2v) is 6.65. The highest BCUT2D eigenvalue weighted by Crippen LogP contribution is 2.20. The normalized spacial score (nSPS) is 10.3. The van der Waals surface area contributed by atoms with Crippen LogP contribution in [0.3, 0.4) is 0 Å². The van der Waals surface area contributed by atoms with Crippen molar-refractivity contribution >= 4 is 23.0 Å². The van der Waals surface area contributed by atoms with Gasteiger partial charge >= 0.3 is 0 Å². The highest BCUT2D eigenvalue weighted by atomic mass is 32.1. The van der Waals surface area contributed by atoms with Gasteiger partial charge in [0.1, 0.15) is 11.6 Å². The van der Waals surface area contributed by atoms with Crippen LogP contribution in [-0.4, -0.2) is 18.3 Å². The molecule has 0 unspecified atom stereocenters. The van der Waals surface area contributed by atoms with Gasteiger partial charge in [0.05, 0.1) is 11.4 Å². The number of nitrogens with one attached hydrogen (secondary N) is 1. The van der Waals surface area contributed by atoms with Crippen LogP contribution in [0.2, 0.25) is 0 Å². The SMILES string of the molecule is O=C(COc1ccc(F)cc1)NCc1ccc(C(=O)c2ccccc2)s1. The lowest BCUT2D eigenvalue weighted by atomic mass is 10.1. The Kier molecular flexibility index (Phi) is 5.76. The number of hydrogen-bond donors (Lipinski definition) is 1. The van der Waals surface area contributed by atoms with Crippen molar-refractivity contribution in [3.63, 3.8) is 0 Å². The predicted molar refractivity (Wildman–Crippen MR) is 97.9 cm³/mol. The second-order valence-electron chi connectivity index (χ2n) is 5.48. The summed E-state index contributed by atoms with van der Waals surface area (Å²) in [4.78, 5) is 25.7. The topological polar surface area (TPSA) is 55.4 Å². The number of carbonyl (C=O) groups excluding carboxylic acids is 2. The summed E-state index contributed by atoms with van der Waals surface area (Å²) in [6.45, 7) is 0.158. The van der Waals surface area contributed by atoms with Gasteiger partial charge in [-0.3, -0.25) is 9.59 Å². The zero-order valence-electron chi connectivity index (χ0n) is 13.8. The van der Waals surface area contributed by atoms with Crippen LogP contribution in [0, 0.1) is 5.82 Å². The number of amides is 1. The van der Waals surface area contributed by atoms with E-state index in [-0.39, 0.29) is 24.1 Å². The molecule has 0 aliphatic carbocycles. The second kappa shape index (κ2) is 8.40. The minimum atomic E-state index is -0.361. The molecule has 0 spiro atoms. The molecule has 0 saturated heterocycles. The number of carbonyl (C=O) groups is 2. The van der Waals surface area contributed by atoms with Gasteiger partial charge in [-0.2, -0.15) is 0 Å². The van der Waals surface area contributed by atoms with Crippen molar-refractivity contribution in [3.8, 4) is 5.75 Å². The molecule has 3 rings (SSSR count). The lowest BCUT2D eigenvalue weighted by Gasteiger charge is -2.06. The van der Waals surface area contributed by atoms with E-state index < -0.39 is 0 Å². The van der Waals surface area contributed by atoms with E-state index >= 15 is 0 Å². The van der Waals surface area contributed by atoms with Crippen molar-refractivity contribution in [2.24, 2.45) is 0 Å². The fraction of sp³-hybridized carbons (Fsp3) is 0.100. The number of benzene rings is 2. The summed E-state index contributed by atoms with van der Waals surface area (Å²) < 4.78 is 18.1. The summed E-state index contributed by atoms with van der Waals surface area (Å²) in [7, 11) is 0. The smallest absolute Gasteiger partial charge is 0.258 e. The van der Waals surface area contributed by atoms with Gasteiger partial charge in [0.15, 0.2) is 6.61 Å². The number of thiophene rings is 1. The monoisotopic (exact) mass is 369 g/mol. The molecule has 0 bridgehead atoms. The molecule has 1 heterocycles. The van der Waals surface area contributed by atoms with Crippen LogP contribution in [0.15, 0.2) is 66.7 Å². The molecular weight excluding hydrogens is 353 g/mol. The molecule has 132 valence electrons. The Morgan fingerprint density at radius 1 is 0.962 bits per heavy atom. The Labute approximate surface area is 154 Å². The molecule has 1 aromatic heterocycles. The van der Waals surface area contributed by atoms with Gasteiger partial charge in [-0.15, -0.1) is 11.3 Å². The van der Waals surface area contributed by atoms with Gasteiger partial charge in [-0.1, -0.05) is 30.3 Å². The Balaban J connectivity index is 1.49. The summed E-state index contributed by atoms with van der Waals surface area (Å²) in [5.41, 5.74) is 0.637. The van der Waals surface area contributed by atoms with E-state index in [4.69, 9.17) is 4.74 Å². The molecule has 0 saturated carbocycles. The molecule has 3 aromatic rings. The molecule has 26 heavy (non-hydrogen) atoms. The maximum Gasteiger partial charge on any atom is 0.258 e. The Morgan fingerprint density at radius 3 is 2.42 bits per heavy atom. The molecular formula is C20H16FNO3S. The van der Waals surface area contributed by atoms with Crippen LogP contribution < -0.4 is 10.1 Å². The van der Waals surface area contributed by atoms with Crippen molar-refractivity contribution < 1.29 is 18.7 Å². The van der Waals surface area contributed by atoms with Crippen LogP contribution in [0.4, 0.5) is 4.39 Å². The molecule has 6 heteroatoms. The first-order valence-corrected chi connectivity index (χ1v) is 8.77. The number of hydrogen-bond acceptors (Lipinski definition) is 4. The molecule has 2 aromatic carbocycles. The van der Waals surface area contributed by atoms with Crippen LogP contribution in [0.25, 0.3) is 0 Å². The van der Waals surface area contributed by atoms with Crippen LogP contribution >= 0.6 is 11.3 Å². The zero-order valence-corrected chi connectivity index (χ0v) is 14.6. The molecule has 1 N–H and O–H groups in total. The van der Waals surface area contributed by atoms with Gasteiger partial charge in [-0.05, 0) is 36.4 Å². The molecule has 0 aliphatic heterocycles. The van der Waals surface area contributed by atoms with Crippen LogP contribution in [0.5, 0.6) is 5.75 Å². The summed E-state index contributed by atoms with van der Waals surface area (Å²) >= 11 is 1.35. The Bertz CT molecular complexity index is 891. The maximum atomic E-state index is 12.8. The van der Waals surface area contributed by atoms with E-state index in [1.54, 1.807) is 18.2 Å². The zero-order chi connectivity index (χ0) is 18.4. The molecule has 4 nitrogen and oxygen atoms in total. The van der Waals surface area contributed by atoms with Gasteiger partial charge < -0.3 is 10.1 Å². The van der Waals surface area contributed by atoms with Crippen LogP contribution in [0.1, 0.15) is 20.1 Å². The third-order valence-electron chi connectivity index (χ3n) is 3.56. The fourth-order valence-electron chi connectivity index (χ4n) is 2.24. The lowest BCUT2D eigenvalue weighted by Crippen LogP contribution is -2.28. The van der Waals surface area contributed by atoms with Crippen molar-refractivity contribution in [1.29, 1.82) is 0 Å². The summed E-state index contributed by atoms with van der Waals surface area (Å²) in [6.07, 6.45) is 0. The first kappa shape index (κ1) is 17.8. The number of ether oxygens (including phenoxy) is 1. The molecule has 0 aliphatic rings. The standard InChI is InChI=1S/C20H16FNO3S/c21-15-6-8-16(9-7-15)25-13-19(23)22-12-17-10-11-18(26-17)20(24)14-4-2-1-3-5-14/h1-11H,12-13H2,(H,22,23). The van der Waals surface area contributed by atoms with E-state index in [0.29, 0.717) is 22.7 Å². The summed E-state index contributed by atoms with van der Waals surface area (Å²) in [6, 6.07) is 18.1. The van der Waals surface area contributed by atoms with E-state index in [9.17, 15) is 14.0 Å². The first-order valence-electron chi connectivity index (χ1n) is 7.95. The largest absolute Gasteiger partial charge is 0.484 e. The highest BCUT2D eigenvalue weighted by molar-refractivity contribution is 7.14. The molecule has 1 amide bonds. The minimum Gasteiger partial charge on any atom is -0.484 e. The fourth-order valence-corrected chi connectivity index (χ4v) is 3.15. The van der Waals surface area contributed by atoms with Crippen molar-refractivity contribution in [2.75, 3.05) is 6.61 Å². The molecule has 0 fully saturated rings. The van der Waals surface area contributed by atoms with E-state index in [2.05, 4.69) is 5.32 Å². The third-order valence-corrected chi connectivity index (χ3v) is 4.65. The molecule has 0 atom stereocenters. The van der Waals surface area contributed by atoms with Gasteiger partial charge in [0, 0.05) is 10.4 Å². The van der Waals surface area contributed by atoms with Gasteiger partial charge in [-0.25, -0.2) is 4.39 Å². The maximum absolute atomic E-state index is 12.8. The van der Waals surface area contributed by atoms with E-state index in [0.717, 1.165) is 4.88 Å². The van der Waals surface area contributed by atoms with Crippen molar-refractivity contribution in [3.05, 3.63) is 87.9 Å². The average molecular weight is 369 g/mol. The third kappa shape index (κ3) is 4.77. The van der Waals surface area contributed by atoms with Crippen molar-refractivity contribution in [1.82, 2.24) is 5.32 Å². The average Bonchev–Trinajstić information content (AvgIpc) is 3.15.